The quantitative estimate of drug-likeness (QED) is 0.0280. The van der Waals surface area contributed by atoms with Crippen LogP contribution in [0, 0.1) is 0 Å². The van der Waals surface area contributed by atoms with Crippen LogP contribution in [-0.4, -0.2) is 643 Å². The number of hydrogen-bond donors (Lipinski definition) is 38. The number of rotatable bonds is 35. The van der Waals surface area contributed by atoms with Crippen molar-refractivity contribution in [3.63, 3.8) is 0 Å². The van der Waals surface area contributed by atoms with E-state index in [2.05, 4.69) is 5.32 Å². The summed E-state index contributed by atoms with van der Waals surface area (Å²) in [5.74, 6) is -0.931. The van der Waals surface area contributed by atoms with Crippen molar-refractivity contribution in [3.8, 4) is 0 Å². The second-order valence-corrected chi connectivity index (χ2v) is 34.5. The minimum atomic E-state index is -2.72. The summed E-state index contributed by atoms with van der Waals surface area (Å²) in [7, 11) is 0. The van der Waals surface area contributed by atoms with Crippen LogP contribution in [0.25, 0.3) is 0 Å². The van der Waals surface area contributed by atoms with Gasteiger partial charge in [0.05, 0.1) is 79.3 Å². The highest BCUT2D eigenvalue weighted by atomic mass is 16.8. The van der Waals surface area contributed by atoms with Crippen molar-refractivity contribution in [2.24, 2.45) is 0 Å². The normalized spacial score (nSPS) is 52.8. The third-order valence-electron chi connectivity index (χ3n) is 25.4. The highest BCUT2D eigenvalue weighted by molar-refractivity contribution is 5.73. The maximum Gasteiger partial charge on any atom is 0.217 e. The topological polar surface area (TPSA) is 990 Å². The van der Waals surface area contributed by atoms with Crippen LogP contribution < -0.4 is 5.32 Å². The molecule has 0 saturated carbocycles. The Morgan fingerprint density at radius 3 is 0.721 bits per heavy atom. The van der Waals surface area contributed by atoms with E-state index in [0.717, 1.165) is 6.92 Å². The lowest BCUT2D eigenvalue weighted by molar-refractivity contribution is -0.409. The Kier molecular flexibility index (Phi) is 40.0. The lowest BCUT2D eigenvalue weighted by Gasteiger charge is -2.50. The van der Waals surface area contributed by atoms with Crippen LogP contribution >= 0.6 is 0 Å². The lowest BCUT2D eigenvalue weighted by atomic mass is 9.94. The second-order valence-electron chi connectivity index (χ2n) is 34.5. The van der Waals surface area contributed by atoms with Crippen LogP contribution in [0.3, 0.4) is 0 Å². The molecule has 60 atom stereocenters. The van der Waals surface area contributed by atoms with E-state index in [1.165, 1.54) is 0 Å². The molecule has 0 aromatic carbocycles. The molecule has 12 saturated heterocycles. The summed E-state index contributed by atoms with van der Waals surface area (Å²) in [6.07, 6.45) is -130. The molecular formula is C74H125NO61. The van der Waals surface area contributed by atoms with E-state index in [4.69, 9.17) is 109 Å². The molecule has 0 spiro atoms. The van der Waals surface area contributed by atoms with Crippen molar-refractivity contribution in [2.45, 2.75) is 375 Å². The van der Waals surface area contributed by atoms with E-state index in [1.54, 1.807) is 0 Å². The monoisotopic (exact) mass is 2000 g/mol. The van der Waals surface area contributed by atoms with Gasteiger partial charge in [-0.15, -0.1) is 0 Å². The first-order chi connectivity index (χ1) is 64.4. The molecule has 0 radical (unpaired) electrons. The SMILES string of the molecule is CC(=O)N[C@@H]1[C@@H](O)[C@H](O[C@@H]2O[C@H](CO[C@H]3O[C@H](CO[C@H]4O[C@H](CO)[C@@H](O)[C@H](O)[C@@H]4O[C@H]4O[C@H](CO)[C@@H](O)[C@H](O)[C@@H]4O)[C@@H](O)[C@H](O[C@H]4O[C@H](CO)[C@@H](O)[C@H](O)[C@@H]4O)[C@@H]3O)[C@@H](O)[C@H](O[C@H]3O[C@H](CO[C@H]4O[C@H](CO[C@H]5O[C@H](CO[C@H]6O[C@H](CO)[C@@H](O)[C@H](O)[C@@H]6O)[C@@H](O)[C@H](O)[C@@H]5O)[C@@H](O)[C@H](O)[C@@H]4O)[C@@H](O)[C@H](O)[C@@H]3O[C@H]3O[C@H](CO)[C@@H](O)[C@H](O)[C@@H]3O[C@H]3O[C@H](CO)[C@@H](O)[C@H](O)[C@@H]3O)[C@@H]2O)[C@@H](CO)O[C@H]1O. The number of amides is 1. The van der Waals surface area contributed by atoms with Gasteiger partial charge in [-0.05, 0) is 0 Å². The average Bonchev–Trinajstić information content (AvgIpc) is 0.749. The van der Waals surface area contributed by atoms with Crippen molar-refractivity contribution in [1.29, 1.82) is 0 Å². The zero-order valence-electron chi connectivity index (χ0n) is 71.5. The first kappa shape index (κ1) is 112. The summed E-state index contributed by atoms with van der Waals surface area (Å²) < 4.78 is 134. The zero-order valence-corrected chi connectivity index (χ0v) is 71.5. The Balaban J connectivity index is 0.861. The van der Waals surface area contributed by atoms with E-state index >= 15 is 0 Å². The Hall–Kier alpha value is -2.93. The third-order valence-corrected chi connectivity index (χ3v) is 25.4. The second kappa shape index (κ2) is 48.6. The molecule has 0 unspecified atom stereocenters. The number of ether oxygens (including phenoxy) is 23. The zero-order chi connectivity index (χ0) is 99.7. The lowest BCUT2D eigenvalue weighted by Crippen LogP contribution is -2.69. The summed E-state index contributed by atoms with van der Waals surface area (Å²) in [6, 6.07) is -1.89. The van der Waals surface area contributed by atoms with Gasteiger partial charge in [0.25, 0.3) is 0 Å². The number of carbonyl (C=O) groups excluding carboxylic acids is 1. The number of aliphatic hydroxyl groups is 37. The summed E-state index contributed by atoms with van der Waals surface area (Å²) in [5.41, 5.74) is 0. The van der Waals surface area contributed by atoms with Gasteiger partial charge in [0.2, 0.25) is 5.91 Å². The first-order valence-electron chi connectivity index (χ1n) is 43.2. The molecule has 12 rings (SSSR count). The maximum atomic E-state index is 12.9. The van der Waals surface area contributed by atoms with E-state index in [1.807, 2.05) is 0 Å². The van der Waals surface area contributed by atoms with Gasteiger partial charge in [-0.25, -0.2) is 0 Å². The van der Waals surface area contributed by atoms with E-state index in [9.17, 15) is 194 Å². The van der Waals surface area contributed by atoms with Crippen LogP contribution in [0.2, 0.25) is 0 Å². The Morgan fingerprint density at radius 2 is 0.390 bits per heavy atom. The first-order valence-corrected chi connectivity index (χ1v) is 43.2. The van der Waals surface area contributed by atoms with Crippen molar-refractivity contribution < 1.29 is 303 Å². The molecule has 0 bridgehead atoms. The fourth-order valence-corrected chi connectivity index (χ4v) is 17.2. The molecule has 12 fully saturated rings. The minimum Gasteiger partial charge on any atom is -0.394 e. The number of aliphatic hydroxyl groups excluding tert-OH is 37. The molecule has 62 nitrogen and oxygen atoms in total. The largest absolute Gasteiger partial charge is 0.394 e. The van der Waals surface area contributed by atoms with Gasteiger partial charge in [-0.1, -0.05) is 0 Å². The smallest absolute Gasteiger partial charge is 0.217 e. The summed E-state index contributed by atoms with van der Waals surface area (Å²) >= 11 is 0. The summed E-state index contributed by atoms with van der Waals surface area (Å²) in [4.78, 5) is 12.5. The van der Waals surface area contributed by atoms with E-state index in [-0.39, 0.29) is 0 Å². The van der Waals surface area contributed by atoms with Crippen LogP contribution in [0.1, 0.15) is 6.92 Å². The molecule has 136 heavy (non-hydrogen) atoms. The molecule has 0 aliphatic carbocycles. The molecule has 62 heteroatoms. The van der Waals surface area contributed by atoms with Crippen molar-refractivity contribution in [2.75, 3.05) is 79.3 Å². The van der Waals surface area contributed by atoms with Crippen molar-refractivity contribution in [1.82, 2.24) is 5.32 Å². The van der Waals surface area contributed by atoms with Gasteiger partial charge in [0.1, 0.15) is 293 Å². The van der Waals surface area contributed by atoms with Gasteiger partial charge in [-0.3, -0.25) is 4.79 Å². The highest BCUT2D eigenvalue weighted by Gasteiger charge is 2.62. The standard InChI is InChI=1S/C74H125NO61/c1-14(83)75-27-39(95)57(21(8-82)119-63(27)113)131-71-56(112)59(38(94)26(129-71)12-117-67-55(111)58(132-68-52(108)41(97)29(85)16(3-77)121-68)37(93)25(128-67)13-118-72-60(46(102)32(88)19(6-80)124-72)134-69-53(109)42(98)30(86)17(4-78)122-69)133-74-62(136-73-61(47(103)33(89)20(7-81)125-73)135-70-54(110)43(99)31(87)18(5-79)123-70)48(104)36(92)24(130-74)11-116-66-51(107)45(101)35(91)23(127-66)10-115-65-50(106)44(100)34(90)22(126-65)9-114-64-49(105)40(96)28(84)15(2-76)120-64/h15-74,76-82,84-113H,2-13H2,1H3,(H,75,83)/t15-,16-,17-,18-,19-,20-,21-,22-,23-,24-,25-,26-,27-,28-,29-,30-,31-,32-,33-,34-,35-,36-,37-,38-,39-,40+,41+,42+,43+,44+,45+,46+,47+,48+,49+,50+,51+,52+,53+,54+,55+,56+,57-,58+,59+,60+,61+,62+,63-,64+,65+,66+,67+,68-,69-,70-,71+,72+,73-,74-/m1/s1. The molecule has 0 aromatic rings. The summed E-state index contributed by atoms with van der Waals surface area (Å²) in [6.45, 7) is -12.4. The molecule has 0 aromatic heterocycles. The number of carbonyl (C=O) groups is 1. The molecule has 1 amide bonds. The van der Waals surface area contributed by atoms with E-state index < -0.39 is 454 Å². The fraction of sp³-hybridized carbons (Fsp3) is 0.986. The number of hydrogen-bond acceptors (Lipinski definition) is 61. The molecule has 12 aliphatic heterocycles. The number of nitrogens with one attached hydrogen (secondary N) is 1. The van der Waals surface area contributed by atoms with Crippen molar-refractivity contribution in [3.05, 3.63) is 0 Å². The molecule has 792 valence electrons. The molecule has 12 aliphatic rings. The Bertz CT molecular complexity index is 3590. The summed E-state index contributed by atoms with van der Waals surface area (Å²) in [5, 5.41) is 412. The molecular weight excluding hydrogens is 1880 g/mol. The van der Waals surface area contributed by atoms with Crippen LogP contribution in [0.15, 0.2) is 0 Å². The van der Waals surface area contributed by atoms with E-state index in [0.29, 0.717) is 0 Å². The van der Waals surface area contributed by atoms with Crippen LogP contribution in [0.5, 0.6) is 0 Å². The Morgan fingerprint density at radius 1 is 0.191 bits per heavy atom. The van der Waals surface area contributed by atoms with Gasteiger partial charge >= 0.3 is 0 Å². The third kappa shape index (κ3) is 24.0. The molecule has 38 N–H and O–H groups in total. The van der Waals surface area contributed by atoms with Gasteiger partial charge in [0.15, 0.2) is 75.5 Å². The molecule has 12 heterocycles. The maximum absolute atomic E-state index is 12.9. The van der Waals surface area contributed by atoms with Gasteiger partial charge in [-0.2, -0.15) is 0 Å². The average molecular weight is 2000 g/mol. The van der Waals surface area contributed by atoms with Crippen LogP contribution in [0.4, 0.5) is 0 Å². The van der Waals surface area contributed by atoms with Crippen molar-refractivity contribution >= 4 is 5.91 Å². The predicted molar refractivity (Wildman–Crippen MR) is 407 cm³/mol. The fourth-order valence-electron chi connectivity index (χ4n) is 17.2. The van der Waals surface area contributed by atoms with Gasteiger partial charge in [0, 0.05) is 6.92 Å². The highest BCUT2D eigenvalue weighted by Crippen LogP contribution is 2.41. The Labute approximate surface area is 766 Å². The predicted octanol–water partition coefficient (Wildman–Crippen LogP) is -27.0. The van der Waals surface area contributed by atoms with Gasteiger partial charge < -0.3 is 303 Å². The minimum absolute atomic E-state index is 0.857. The van der Waals surface area contributed by atoms with Crippen LogP contribution in [-0.2, 0) is 114 Å².